The first-order valence-corrected chi connectivity index (χ1v) is 7.41. The van der Waals surface area contributed by atoms with Crippen molar-refractivity contribution in [2.24, 2.45) is 0 Å². The summed E-state index contributed by atoms with van der Waals surface area (Å²) in [6, 6.07) is 1.78. The number of benzene rings is 1. The summed E-state index contributed by atoms with van der Waals surface area (Å²) in [4.78, 5) is 3.72. The molecule has 0 aliphatic carbocycles. The molecule has 2 heterocycles. The molecule has 1 aromatic carbocycles. The van der Waals surface area contributed by atoms with Gasteiger partial charge in [-0.1, -0.05) is 23.2 Å². The molecule has 1 aliphatic rings. The van der Waals surface area contributed by atoms with Gasteiger partial charge < -0.3 is 4.74 Å². The fourth-order valence-electron chi connectivity index (χ4n) is 2.50. The van der Waals surface area contributed by atoms with E-state index >= 15 is 0 Å². The standard InChI is InChI=1S/C15H9Cl2F4NO/c16-9-4-7(15(19,20)21)6-22-13(9)12-8-2-1-3-23-14(8)10(17)5-11(12)18/h4-6H,1-3H2. The first-order chi connectivity index (χ1) is 10.8. The van der Waals surface area contributed by atoms with E-state index in [0.29, 0.717) is 37.0 Å². The van der Waals surface area contributed by atoms with Crippen LogP contribution >= 0.6 is 23.2 Å². The Labute approximate surface area is 139 Å². The minimum Gasteiger partial charge on any atom is -0.492 e. The maximum absolute atomic E-state index is 14.4. The van der Waals surface area contributed by atoms with Crippen LogP contribution in [0.5, 0.6) is 5.75 Å². The van der Waals surface area contributed by atoms with Crippen molar-refractivity contribution in [2.75, 3.05) is 6.61 Å². The van der Waals surface area contributed by atoms with Crippen molar-refractivity contribution in [1.82, 2.24) is 4.98 Å². The lowest BCUT2D eigenvalue weighted by Gasteiger charge is -2.22. The number of ether oxygens (including phenoxy) is 1. The Balaban J connectivity index is 2.20. The Morgan fingerprint density at radius 2 is 1.87 bits per heavy atom. The second-order valence-electron chi connectivity index (χ2n) is 5.03. The third kappa shape index (κ3) is 2.97. The summed E-state index contributed by atoms with van der Waals surface area (Å²) in [5, 5.41) is -0.169. The predicted molar refractivity (Wildman–Crippen MR) is 78.5 cm³/mol. The molecule has 0 saturated heterocycles. The molecule has 3 rings (SSSR count). The summed E-state index contributed by atoms with van der Waals surface area (Å²) in [5.41, 5.74) is -0.556. The van der Waals surface area contributed by atoms with Crippen LogP contribution in [0, 0.1) is 5.82 Å². The predicted octanol–water partition coefficient (Wildman–Crippen LogP) is 5.54. The van der Waals surface area contributed by atoms with Gasteiger partial charge in [0.1, 0.15) is 11.6 Å². The molecular formula is C15H9Cl2F4NO. The lowest BCUT2D eigenvalue weighted by Crippen LogP contribution is -2.12. The zero-order valence-corrected chi connectivity index (χ0v) is 13.0. The number of pyridine rings is 1. The average molecular weight is 366 g/mol. The van der Waals surface area contributed by atoms with Crippen LogP contribution in [0.15, 0.2) is 18.3 Å². The van der Waals surface area contributed by atoms with E-state index in [0.717, 1.165) is 12.1 Å². The third-order valence-electron chi connectivity index (χ3n) is 3.51. The number of halogens is 6. The minimum absolute atomic E-state index is 0.0304. The minimum atomic E-state index is -4.57. The summed E-state index contributed by atoms with van der Waals surface area (Å²) in [6.07, 6.45) is -2.83. The molecule has 0 N–H and O–H groups in total. The van der Waals surface area contributed by atoms with Crippen LogP contribution in [0.25, 0.3) is 11.3 Å². The van der Waals surface area contributed by atoms with Crippen LogP contribution < -0.4 is 4.74 Å². The van der Waals surface area contributed by atoms with Gasteiger partial charge in [-0.2, -0.15) is 13.2 Å². The molecule has 0 fully saturated rings. The summed E-state index contributed by atoms with van der Waals surface area (Å²) in [6.45, 7) is 0.436. The van der Waals surface area contributed by atoms with Crippen molar-refractivity contribution < 1.29 is 22.3 Å². The normalized spacial score (nSPS) is 14.3. The third-order valence-corrected chi connectivity index (χ3v) is 4.08. The van der Waals surface area contributed by atoms with Gasteiger partial charge in [0, 0.05) is 17.3 Å². The summed E-state index contributed by atoms with van der Waals surface area (Å²) < 4.78 is 57.9. The van der Waals surface area contributed by atoms with Gasteiger partial charge in [-0.05, 0) is 25.0 Å². The molecule has 0 atom stereocenters. The van der Waals surface area contributed by atoms with Gasteiger partial charge in [0.2, 0.25) is 0 Å². The zero-order chi connectivity index (χ0) is 16.8. The molecule has 0 unspecified atom stereocenters. The van der Waals surface area contributed by atoms with E-state index in [9.17, 15) is 17.6 Å². The Bertz CT molecular complexity index is 777. The van der Waals surface area contributed by atoms with Crippen LogP contribution in [-0.4, -0.2) is 11.6 Å². The number of hydrogen-bond acceptors (Lipinski definition) is 2. The van der Waals surface area contributed by atoms with E-state index in [2.05, 4.69) is 4.98 Å². The molecular weight excluding hydrogens is 357 g/mol. The van der Waals surface area contributed by atoms with Crippen molar-refractivity contribution in [3.63, 3.8) is 0 Å². The monoisotopic (exact) mass is 365 g/mol. The number of fused-ring (bicyclic) bond motifs is 1. The zero-order valence-electron chi connectivity index (χ0n) is 11.5. The van der Waals surface area contributed by atoms with Gasteiger partial charge in [0.25, 0.3) is 0 Å². The van der Waals surface area contributed by atoms with E-state index in [1.165, 1.54) is 0 Å². The molecule has 8 heteroatoms. The molecule has 0 spiro atoms. The van der Waals surface area contributed by atoms with Gasteiger partial charge in [-0.15, -0.1) is 0 Å². The molecule has 0 radical (unpaired) electrons. The van der Waals surface area contributed by atoms with E-state index < -0.39 is 17.6 Å². The Morgan fingerprint density at radius 1 is 1.13 bits per heavy atom. The molecule has 0 bridgehead atoms. The number of nitrogens with zero attached hydrogens (tertiary/aromatic N) is 1. The summed E-state index contributed by atoms with van der Waals surface area (Å²) in [7, 11) is 0. The van der Waals surface area contributed by atoms with Crippen LogP contribution in [0.3, 0.4) is 0 Å². The maximum Gasteiger partial charge on any atom is 0.417 e. The van der Waals surface area contributed by atoms with Crippen LogP contribution in [0.4, 0.5) is 17.6 Å². The molecule has 2 nitrogen and oxygen atoms in total. The lowest BCUT2D eigenvalue weighted by atomic mass is 9.96. The molecule has 122 valence electrons. The Morgan fingerprint density at radius 3 is 2.52 bits per heavy atom. The average Bonchev–Trinajstić information content (AvgIpc) is 2.47. The fourth-order valence-corrected chi connectivity index (χ4v) is 3.03. The van der Waals surface area contributed by atoms with Crippen molar-refractivity contribution in [3.8, 4) is 17.0 Å². The first-order valence-electron chi connectivity index (χ1n) is 6.66. The smallest absolute Gasteiger partial charge is 0.417 e. The molecule has 2 aromatic rings. The second kappa shape index (κ2) is 5.83. The van der Waals surface area contributed by atoms with Gasteiger partial charge >= 0.3 is 6.18 Å². The van der Waals surface area contributed by atoms with Crippen LogP contribution in [-0.2, 0) is 12.6 Å². The molecule has 0 amide bonds. The number of rotatable bonds is 1. The number of aromatic nitrogens is 1. The lowest BCUT2D eigenvalue weighted by molar-refractivity contribution is -0.137. The van der Waals surface area contributed by atoms with Crippen molar-refractivity contribution in [2.45, 2.75) is 19.0 Å². The quantitative estimate of drug-likeness (QED) is 0.619. The SMILES string of the molecule is Fc1cc(Cl)c2c(c1-c1ncc(C(F)(F)F)cc1Cl)CCCO2. The number of hydrogen-bond donors (Lipinski definition) is 0. The van der Waals surface area contributed by atoms with Crippen LogP contribution in [0.1, 0.15) is 17.5 Å². The highest BCUT2D eigenvalue weighted by molar-refractivity contribution is 6.33. The fraction of sp³-hybridized carbons (Fsp3) is 0.267. The summed E-state index contributed by atoms with van der Waals surface area (Å²) in [5.74, 6) is -0.375. The topological polar surface area (TPSA) is 22.1 Å². The molecule has 1 aromatic heterocycles. The van der Waals surface area contributed by atoms with Crippen molar-refractivity contribution in [1.29, 1.82) is 0 Å². The van der Waals surface area contributed by atoms with E-state index in [1.807, 2.05) is 0 Å². The highest BCUT2D eigenvalue weighted by Crippen LogP contribution is 2.43. The molecule has 1 aliphatic heterocycles. The van der Waals surface area contributed by atoms with Gasteiger partial charge in [-0.3, -0.25) is 4.98 Å². The largest absolute Gasteiger partial charge is 0.492 e. The molecule has 23 heavy (non-hydrogen) atoms. The second-order valence-corrected chi connectivity index (χ2v) is 5.84. The first kappa shape index (κ1) is 16.3. The molecule has 0 saturated carbocycles. The van der Waals surface area contributed by atoms with E-state index in [-0.39, 0.29) is 21.3 Å². The van der Waals surface area contributed by atoms with Gasteiger partial charge in [0.05, 0.1) is 27.9 Å². The maximum atomic E-state index is 14.4. The van der Waals surface area contributed by atoms with Crippen molar-refractivity contribution in [3.05, 3.63) is 45.3 Å². The van der Waals surface area contributed by atoms with Crippen molar-refractivity contribution >= 4 is 23.2 Å². The van der Waals surface area contributed by atoms with Crippen LogP contribution in [0.2, 0.25) is 10.0 Å². The van der Waals surface area contributed by atoms with Gasteiger partial charge in [-0.25, -0.2) is 4.39 Å². The van der Waals surface area contributed by atoms with Gasteiger partial charge in [0.15, 0.2) is 0 Å². The van der Waals surface area contributed by atoms with E-state index in [4.69, 9.17) is 27.9 Å². The Hall–Kier alpha value is -1.53. The highest BCUT2D eigenvalue weighted by atomic mass is 35.5. The number of alkyl halides is 3. The summed E-state index contributed by atoms with van der Waals surface area (Å²) >= 11 is 11.9. The Kier molecular flexibility index (Phi) is 4.14. The van der Waals surface area contributed by atoms with E-state index in [1.54, 1.807) is 0 Å². The highest BCUT2D eigenvalue weighted by Gasteiger charge is 2.32.